The van der Waals surface area contributed by atoms with Crippen LogP contribution in [0.3, 0.4) is 0 Å². The molecule has 0 saturated carbocycles. The monoisotopic (exact) mass is 511 g/mol. The average molecular weight is 512 g/mol. The molecule has 1 amide bonds. The van der Waals surface area contributed by atoms with Gasteiger partial charge in [-0.1, -0.05) is 97.1 Å². The molecule has 7 heteroatoms. The van der Waals surface area contributed by atoms with Gasteiger partial charge in [0.15, 0.2) is 11.5 Å². The average Bonchev–Trinajstić information content (AvgIpc) is 2.95. The van der Waals surface area contributed by atoms with E-state index >= 15 is 0 Å². The van der Waals surface area contributed by atoms with Gasteiger partial charge >= 0.3 is 12.1 Å². The Morgan fingerprint density at radius 3 is 1.66 bits per heavy atom. The second-order valence-electron chi connectivity index (χ2n) is 8.63. The summed E-state index contributed by atoms with van der Waals surface area (Å²) in [5.74, 6) is -0.147. The standard InChI is InChI=1S/C31H29NO6/c33-30(34)27(32-31(35)38-22-25-14-8-3-9-15-25)18-26-16-17-28(36-20-23-10-4-1-5-11-23)29(19-26)37-21-24-12-6-2-7-13-24/h1-17,19,27H,18,20-22H2,(H,32,35)(H,33,34). The van der Waals surface area contributed by atoms with Crippen molar-refractivity contribution in [2.24, 2.45) is 0 Å². The highest BCUT2D eigenvalue weighted by molar-refractivity contribution is 5.80. The van der Waals surface area contributed by atoms with Crippen LogP contribution in [0.15, 0.2) is 109 Å². The zero-order valence-corrected chi connectivity index (χ0v) is 20.8. The van der Waals surface area contributed by atoms with Crippen molar-refractivity contribution in [3.05, 3.63) is 131 Å². The van der Waals surface area contributed by atoms with Gasteiger partial charge in [0.25, 0.3) is 0 Å². The lowest BCUT2D eigenvalue weighted by Gasteiger charge is -2.17. The first kappa shape index (κ1) is 26.3. The molecule has 4 rings (SSSR count). The van der Waals surface area contributed by atoms with Crippen molar-refractivity contribution in [2.75, 3.05) is 0 Å². The molecular formula is C31H29NO6. The number of carbonyl (C=O) groups excluding carboxylic acids is 1. The lowest BCUT2D eigenvalue weighted by atomic mass is 10.1. The third-order valence-corrected chi connectivity index (χ3v) is 5.73. The molecule has 0 bridgehead atoms. The number of alkyl carbamates (subject to hydrolysis) is 1. The fraction of sp³-hybridized carbons (Fsp3) is 0.161. The quantitative estimate of drug-likeness (QED) is 0.251. The second kappa shape index (κ2) is 13.5. The summed E-state index contributed by atoms with van der Waals surface area (Å²) in [5.41, 5.74) is 3.46. The van der Waals surface area contributed by atoms with Crippen LogP contribution in [-0.2, 0) is 35.8 Å². The summed E-state index contributed by atoms with van der Waals surface area (Å²) >= 11 is 0. The molecule has 0 aliphatic heterocycles. The van der Waals surface area contributed by atoms with Crippen molar-refractivity contribution in [3.8, 4) is 11.5 Å². The van der Waals surface area contributed by atoms with Crippen molar-refractivity contribution in [1.29, 1.82) is 0 Å². The molecule has 194 valence electrons. The summed E-state index contributed by atoms with van der Waals surface area (Å²) in [6.45, 7) is 0.719. The predicted octanol–water partition coefficient (Wildman–Crippen LogP) is 5.77. The van der Waals surface area contributed by atoms with Crippen molar-refractivity contribution in [1.82, 2.24) is 5.32 Å². The number of ether oxygens (including phenoxy) is 3. The van der Waals surface area contributed by atoms with Crippen molar-refractivity contribution >= 4 is 12.1 Å². The second-order valence-corrected chi connectivity index (χ2v) is 8.63. The Morgan fingerprint density at radius 1 is 0.632 bits per heavy atom. The number of hydrogen-bond acceptors (Lipinski definition) is 5. The summed E-state index contributed by atoms with van der Waals surface area (Å²) in [5, 5.41) is 12.2. The molecule has 4 aromatic carbocycles. The largest absolute Gasteiger partial charge is 0.485 e. The van der Waals surface area contributed by atoms with Crippen molar-refractivity contribution in [3.63, 3.8) is 0 Å². The molecule has 0 aromatic heterocycles. The van der Waals surface area contributed by atoms with Gasteiger partial charge < -0.3 is 24.6 Å². The van der Waals surface area contributed by atoms with Gasteiger partial charge in [-0.25, -0.2) is 9.59 Å². The van der Waals surface area contributed by atoms with Crippen LogP contribution >= 0.6 is 0 Å². The molecule has 0 aliphatic carbocycles. The fourth-order valence-corrected chi connectivity index (χ4v) is 3.72. The van der Waals surface area contributed by atoms with Gasteiger partial charge in [-0.05, 0) is 34.4 Å². The molecule has 0 heterocycles. The minimum atomic E-state index is -1.18. The van der Waals surface area contributed by atoms with Crippen molar-refractivity contribution < 1.29 is 28.9 Å². The van der Waals surface area contributed by atoms with Gasteiger partial charge in [0, 0.05) is 6.42 Å². The Balaban J connectivity index is 1.44. The molecule has 0 radical (unpaired) electrons. The number of benzene rings is 4. The molecule has 0 saturated heterocycles. The summed E-state index contributed by atoms with van der Waals surface area (Å²) in [6, 6.07) is 32.7. The number of amides is 1. The minimum Gasteiger partial charge on any atom is -0.485 e. The van der Waals surface area contributed by atoms with Gasteiger partial charge in [0.05, 0.1) is 0 Å². The summed E-state index contributed by atoms with van der Waals surface area (Å²) in [4.78, 5) is 24.2. The molecule has 38 heavy (non-hydrogen) atoms. The lowest BCUT2D eigenvalue weighted by Crippen LogP contribution is -2.42. The first-order chi connectivity index (χ1) is 18.6. The Morgan fingerprint density at radius 2 is 1.13 bits per heavy atom. The van der Waals surface area contributed by atoms with E-state index in [-0.39, 0.29) is 13.0 Å². The van der Waals surface area contributed by atoms with Crippen LogP contribution in [0.5, 0.6) is 11.5 Å². The molecule has 0 aliphatic rings. The van der Waals surface area contributed by atoms with E-state index in [0.717, 1.165) is 16.7 Å². The number of carboxylic acids is 1. The molecule has 2 N–H and O–H groups in total. The topological polar surface area (TPSA) is 94.1 Å². The summed E-state index contributed by atoms with van der Waals surface area (Å²) < 4.78 is 17.3. The van der Waals surface area contributed by atoms with Gasteiger partial charge in [-0.3, -0.25) is 0 Å². The van der Waals surface area contributed by atoms with Crippen LogP contribution in [-0.4, -0.2) is 23.2 Å². The van der Waals surface area contributed by atoms with Crippen LogP contribution < -0.4 is 14.8 Å². The Bertz CT molecular complexity index is 1310. The molecule has 1 unspecified atom stereocenters. The van der Waals surface area contributed by atoms with E-state index in [2.05, 4.69) is 5.32 Å². The smallest absolute Gasteiger partial charge is 0.408 e. The number of aliphatic carboxylic acids is 1. The number of nitrogens with one attached hydrogen (secondary N) is 1. The van der Waals surface area contributed by atoms with E-state index in [0.29, 0.717) is 30.3 Å². The van der Waals surface area contributed by atoms with Crippen LogP contribution in [0.1, 0.15) is 22.3 Å². The van der Waals surface area contributed by atoms with E-state index in [9.17, 15) is 14.7 Å². The lowest BCUT2D eigenvalue weighted by molar-refractivity contribution is -0.139. The summed E-state index contributed by atoms with van der Waals surface area (Å²) in [6.07, 6.45) is -0.763. The first-order valence-electron chi connectivity index (χ1n) is 12.2. The predicted molar refractivity (Wildman–Crippen MR) is 143 cm³/mol. The molecule has 0 fully saturated rings. The molecular weight excluding hydrogens is 482 g/mol. The SMILES string of the molecule is O=C(NC(Cc1ccc(OCc2ccccc2)c(OCc2ccccc2)c1)C(=O)O)OCc1ccccc1. The van der Waals surface area contributed by atoms with E-state index in [1.807, 2.05) is 91.0 Å². The van der Waals surface area contributed by atoms with Crippen LogP contribution in [0.25, 0.3) is 0 Å². The highest BCUT2D eigenvalue weighted by Crippen LogP contribution is 2.30. The summed E-state index contributed by atoms with van der Waals surface area (Å²) in [7, 11) is 0. The zero-order chi connectivity index (χ0) is 26.6. The highest BCUT2D eigenvalue weighted by Gasteiger charge is 2.22. The van der Waals surface area contributed by atoms with Crippen LogP contribution in [0, 0.1) is 0 Å². The highest BCUT2D eigenvalue weighted by atomic mass is 16.5. The fourth-order valence-electron chi connectivity index (χ4n) is 3.72. The van der Waals surface area contributed by atoms with Gasteiger partial charge in [0.1, 0.15) is 25.9 Å². The van der Waals surface area contributed by atoms with E-state index in [1.165, 1.54) is 0 Å². The third-order valence-electron chi connectivity index (χ3n) is 5.73. The minimum absolute atomic E-state index is 0.0381. The Labute approximate surface area is 221 Å². The van der Waals surface area contributed by atoms with Gasteiger partial charge in [-0.2, -0.15) is 0 Å². The Hall–Kier alpha value is -4.78. The van der Waals surface area contributed by atoms with Gasteiger partial charge in [0.2, 0.25) is 0 Å². The number of rotatable bonds is 12. The molecule has 0 spiro atoms. The maximum absolute atomic E-state index is 12.3. The first-order valence-corrected chi connectivity index (χ1v) is 12.2. The molecule has 7 nitrogen and oxygen atoms in total. The Kier molecular flexibility index (Phi) is 9.34. The van der Waals surface area contributed by atoms with Crippen LogP contribution in [0.4, 0.5) is 4.79 Å². The molecule has 4 aromatic rings. The normalized spacial score (nSPS) is 11.3. The van der Waals surface area contributed by atoms with Gasteiger partial charge in [-0.15, -0.1) is 0 Å². The van der Waals surface area contributed by atoms with E-state index < -0.39 is 18.1 Å². The number of hydrogen-bond donors (Lipinski definition) is 2. The maximum Gasteiger partial charge on any atom is 0.408 e. The zero-order valence-electron chi connectivity index (χ0n) is 20.8. The van der Waals surface area contributed by atoms with Crippen molar-refractivity contribution in [2.45, 2.75) is 32.3 Å². The third kappa shape index (κ3) is 8.13. The number of carboxylic acid groups (broad SMARTS) is 1. The number of carbonyl (C=O) groups is 2. The maximum atomic E-state index is 12.3. The molecule has 1 atom stereocenters. The van der Waals surface area contributed by atoms with E-state index in [4.69, 9.17) is 14.2 Å². The van der Waals surface area contributed by atoms with Crippen LogP contribution in [0.2, 0.25) is 0 Å². The van der Waals surface area contributed by atoms with E-state index in [1.54, 1.807) is 18.2 Å².